The van der Waals surface area contributed by atoms with Gasteiger partial charge in [-0.3, -0.25) is 9.69 Å². The fourth-order valence-electron chi connectivity index (χ4n) is 3.52. The van der Waals surface area contributed by atoms with E-state index in [9.17, 15) is 13.2 Å². The summed E-state index contributed by atoms with van der Waals surface area (Å²) < 4.78 is 32.9. The van der Waals surface area contributed by atoms with Crippen LogP contribution in [0.3, 0.4) is 0 Å². The first-order chi connectivity index (χ1) is 12.4. The van der Waals surface area contributed by atoms with Crippen LogP contribution in [0.4, 0.5) is 0 Å². The van der Waals surface area contributed by atoms with Crippen LogP contribution < -0.4 is 0 Å². The lowest BCUT2D eigenvalue weighted by Crippen LogP contribution is -2.53. The third-order valence-corrected chi connectivity index (χ3v) is 7.37. The Morgan fingerprint density at radius 3 is 2.58 bits per heavy atom. The van der Waals surface area contributed by atoms with E-state index in [0.29, 0.717) is 44.2 Å². The van der Waals surface area contributed by atoms with Crippen LogP contribution in [-0.2, 0) is 19.6 Å². The second-order valence-corrected chi connectivity index (χ2v) is 9.37. The number of carbonyl (C=O) groups is 1. The van der Waals surface area contributed by atoms with Gasteiger partial charge in [0.2, 0.25) is 15.9 Å². The number of methoxy groups -OCH3 is 1. The molecule has 26 heavy (non-hydrogen) atoms. The molecule has 1 atom stereocenters. The van der Waals surface area contributed by atoms with E-state index in [-0.39, 0.29) is 11.9 Å². The molecule has 0 radical (unpaired) electrons. The van der Waals surface area contributed by atoms with Gasteiger partial charge in [-0.25, -0.2) is 8.42 Å². The fraction of sp³-hybridized carbons (Fsp3) is 0.588. The topological polar surface area (TPSA) is 70.2 Å². The van der Waals surface area contributed by atoms with Gasteiger partial charge in [0.25, 0.3) is 0 Å². The number of hydrogen-bond acceptors (Lipinski definition) is 5. The molecule has 2 aliphatic rings. The molecule has 0 N–H and O–H groups in total. The van der Waals surface area contributed by atoms with Crippen LogP contribution in [0.15, 0.2) is 33.6 Å². The molecule has 1 aromatic rings. The van der Waals surface area contributed by atoms with Crippen molar-refractivity contribution in [2.24, 2.45) is 0 Å². The Balaban J connectivity index is 1.60. The van der Waals surface area contributed by atoms with Crippen molar-refractivity contribution in [3.05, 3.63) is 28.7 Å². The van der Waals surface area contributed by atoms with Crippen LogP contribution in [0.5, 0.6) is 0 Å². The lowest BCUT2D eigenvalue weighted by Gasteiger charge is -2.36. The summed E-state index contributed by atoms with van der Waals surface area (Å²) in [5.41, 5.74) is 0. The zero-order valence-corrected chi connectivity index (χ0v) is 17.2. The van der Waals surface area contributed by atoms with Gasteiger partial charge in [-0.15, -0.1) is 0 Å². The zero-order valence-electron chi connectivity index (χ0n) is 14.8. The third kappa shape index (κ3) is 4.12. The number of hydrogen-bond donors (Lipinski definition) is 0. The molecular weight excluding hydrogens is 422 g/mol. The van der Waals surface area contributed by atoms with Gasteiger partial charge in [0.1, 0.15) is 0 Å². The molecule has 1 aromatic carbocycles. The van der Waals surface area contributed by atoms with Gasteiger partial charge in [0, 0.05) is 50.9 Å². The number of rotatable bonds is 6. The van der Waals surface area contributed by atoms with Crippen molar-refractivity contribution in [2.45, 2.75) is 17.4 Å². The van der Waals surface area contributed by atoms with Crippen LogP contribution in [-0.4, -0.2) is 87.5 Å². The van der Waals surface area contributed by atoms with E-state index < -0.39 is 10.0 Å². The molecule has 0 aliphatic carbocycles. The number of carbonyl (C=O) groups excluding carboxylic acids is 1. The smallest absolute Gasteiger partial charge is 0.243 e. The number of halogens is 1. The Morgan fingerprint density at radius 1 is 1.19 bits per heavy atom. The molecule has 7 nitrogen and oxygen atoms in total. The number of likely N-dealkylation sites (tertiary alicyclic amines) is 1. The van der Waals surface area contributed by atoms with Gasteiger partial charge in [-0.2, -0.15) is 4.31 Å². The van der Waals surface area contributed by atoms with Gasteiger partial charge in [0.15, 0.2) is 0 Å². The fourth-order valence-corrected chi connectivity index (χ4v) is 5.54. The van der Waals surface area contributed by atoms with Gasteiger partial charge in [-0.05, 0) is 24.6 Å². The SMILES string of the molecule is COCCN1CCC(N2CCN(S(=O)(=O)c3cccc(Br)c3)CC2)C1=O. The number of benzene rings is 1. The molecule has 0 spiro atoms. The minimum atomic E-state index is -3.50. The van der Waals surface area contributed by atoms with Crippen molar-refractivity contribution in [1.82, 2.24) is 14.1 Å². The van der Waals surface area contributed by atoms with Crippen LogP contribution in [0.1, 0.15) is 6.42 Å². The summed E-state index contributed by atoms with van der Waals surface area (Å²) in [7, 11) is -1.88. The van der Waals surface area contributed by atoms with Gasteiger partial charge >= 0.3 is 0 Å². The highest BCUT2D eigenvalue weighted by Crippen LogP contribution is 2.23. The van der Waals surface area contributed by atoms with Gasteiger partial charge in [-0.1, -0.05) is 22.0 Å². The van der Waals surface area contributed by atoms with Crippen molar-refractivity contribution in [3.8, 4) is 0 Å². The molecule has 9 heteroatoms. The molecule has 0 bridgehead atoms. The number of ether oxygens (including phenoxy) is 1. The molecule has 2 aliphatic heterocycles. The first-order valence-corrected chi connectivity index (χ1v) is 10.9. The molecule has 0 saturated carbocycles. The Morgan fingerprint density at radius 2 is 1.92 bits per heavy atom. The molecule has 0 aromatic heterocycles. The second kappa shape index (κ2) is 8.35. The average molecular weight is 446 g/mol. The summed E-state index contributed by atoms with van der Waals surface area (Å²) in [5, 5.41) is 0. The van der Waals surface area contributed by atoms with E-state index >= 15 is 0 Å². The molecule has 2 fully saturated rings. The summed E-state index contributed by atoms with van der Waals surface area (Å²) in [6.45, 7) is 3.83. The standard InChI is InChI=1S/C17H24BrN3O4S/c1-25-12-11-20-6-5-16(17(20)22)19-7-9-21(10-8-19)26(23,24)15-4-2-3-14(18)13-15/h2-4,13,16H,5-12H2,1H3. The maximum absolute atomic E-state index is 12.8. The molecule has 144 valence electrons. The van der Waals surface area contributed by atoms with E-state index in [1.165, 1.54) is 4.31 Å². The van der Waals surface area contributed by atoms with Crippen molar-refractivity contribution < 1.29 is 17.9 Å². The van der Waals surface area contributed by atoms with Crippen LogP contribution in [0, 0.1) is 0 Å². The van der Waals surface area contributed by atoms with E-state index in [1.54, 1.807) is 31.4 Å². The maximum Gasteiger partial charge on any atom is 0.243 e. The highest BCUT2D eigenvalue weighted by molar-refractivity contribution is 9.10. The van der Waals surface area contributed by atoms with Crippen molar-refractivity contribution in [1.29, 1.82) is 0 Å². The number of nitrogens with zero attached hydrogens (tertiary/aromatic N) is 3. The Labute approximate surface area is 163 Å². The Bertz CT molecular complexity index is 750. The molecule has 2 heterocycles. The zero-order chi connectivity index (χ0) is 18.7. The number of amides is 1. The molecule has 3 rings (SSSR count). The molecule has 1 amide bonds. The minimum Gasteiger partial charge on any atom is -0.383 e. The van der Waals surface area contributed by atoms with Crippen molar-refractivity contribution >= 4 is 31.9 Å². The van der Waals surface area contributed by atoms with Crippen molar-refractivity contribution in [3.63, 3.8) is 0 Å². The predicted octanol–water partition coefficient (Wildman–Crippen LogP) is 1.00. The van der Waals surface area contributed by atoms with E-state index in [0.717, 1.165) is 17.4 Å². The van der Waals surface area contributed by atoms with Crippen LogP contribution in [0.25, 0.3) is 0 Å². The predicted molar refractivity (Wildman–Crippen MR) is 101 cm³/mol. The summed E-state index contributed by atoms with van der Waals surface area (Å²) in [6, 6.07) is 6.62. The van der Waals surface area contributed by atoms with Crippen LogP contribution >= 0.6 is 15.9 Å². The molecule has 2 saturated heterocycles. The lowest BCUT2D eigenvalue weighted by atomic mass is 10.2. The normalized spacial score (nSPS) is 22.9. The average Bonchev–Trinajstić information content (AvgIpc) is 3.00. The largest absolute Gasteiger partial charge is 0.383 e. The van der Waals surface area contributed by atoms with E-state index in [1.807, 2.05) is 4.90 Å². The van der Waals surface area contributed by atoms with Crippen LogP contribution in [0.2, 0.25) is 0 Å². The Hall–Kier alpha value is -1.00. The quantitative estimate of drug-likeness (QED) is 0.653. The summed E-state index contributed by atoms with van der Waals surface area (Å²) in [4.78, 5) is 16.8. The highest BCUT2D eigenvalue weighted by Gasteiger charge is 2.38. The van der Waals surface area contributed by atoms with Crippen molar-refractivity contribution in [2.75, 3.05) is 53.0 Å². The summed E-state index contributed by atoms with van der Waals surface area (Å²) >= 11 is 3.32. The van der Waals surface area contributed by atoms with E-state index in [2.05, 4.69) is 20.8 Å². The summed E-state index contributed by atoms with van der Waals surface area (Å²) in [5.74, 6) is 0.130. The third-order valence-electron chi connectivity index (χ3n) is 4.98. The molecule has 1 unspecified atom stereocenters. The first kappa shape index (κ1) is 19.8. The monoisotopic (exact) mass is 445 g/mol. The minimum absolute atomic E-state index is 0.130. The Kier molecular flexibility index (Phi) is 6.34. The molecular formula is C17H24BrN3O4S. The van der Waals surface area contributed by atoms with Gasteiger partial charge < -0.3 is 9.64 Å². The second-order valence-electron chi connectivity index (χ2n) is 6.52. The van der Waals surface area contributed by atoms with Gasteiger partial charge in [0.05, 0.1) is 17.5 Å². The number of sulfonamides is 1. The van der Waals surface area contributed by atoms with E-state index in [4.69, 9.17) is 4.74 Å². The highest BCUT2D eigenvalue weighted by atomic mass is 79.9. The summed E-state index contributed by atoms with van der Waals surface area (Å²) in [6.07, 6.45) is 0.793. The first-order valence-electron chi connectivity index (χ1n) is 8.71. The maximum atomic E-state index is 12.8. The number of piperazine rings is 1. The lowest BCUT2D eigenvalue weighted by molar-refractivity contribution is -0.133.